The molecule has 0 N–H and O–H groups in total. The molecule has 3 heteroatoms. The molecule has 0 aliphatic rings. The molecule has 0 heterocycles. The Labute approximate surface area is 70.4 Å². The Morgan fingerprint density at radius 3 is 2.92 bits per heavy atom. The summed E-state index contributed by atoms with van der Waals surface area (Å²) in [5, 5.41) is 0. The van der Waals surface area contributed by atoms with Gasteiger partial charge in [0.1, 0.15) is 0 Å². The van der Waals surface area contributed by atoms with Crippen LogP contribution in [0.2, 0.25) is 0 Å². The number of benzene rings is 1. The fraction of sp³-hybridized carbons (Fsp3) is 0.222. The molecule has 0 spiro atoms. The van der Waals surface area contributed by atoms with E-state index in [2.05, 4.69) is 4.85 Å². The first kappa shape index (κ1) is 8.54. The SMILES string of the molecule is [C-]#[N+]Cc1ccc(F)c(OC)c1. The highest BCUT2D eigenvalue weighted by Gasteiger charge is 2.03. The van der Waals surface area contributed by atoms with E-state index < -0.39 is 5.82 Å². The first-order chi connectivity index (χ1) is 5.77. The number of hydrogen-bond acceptors (Lipinski definition) is 1. The van der Waals surface area contributed by atoms with Crippen LogP contribution in [0.25, 0.3) is 4.85 Å². The van der Waals surface area contributed by atoms with Crippen molar-refractivity contribution in [3.05, 3.63) is 41.0 Å². The molecular weight excluding hydrogens is 157 g/mol. The van der Waals surface area contributed by atoms with E-state index in [1.807, 2.05) is 0 Å². The summed E-state index contributed by atoms with van der Waals surface area (Å²) in [7, 11) is 1.40. The van der Waals surface area contributed by atoms with Crippen molar-refractivity contribution in [1.82, 2.24) is 0 Å². The average Bonchev–Trinajstić information content (AvgIpc) is 2.09. The highest BCUT2D eigenvalue weighted by Crippen LogP contribution is 2.18. The Bertz CT molecular complexity index is 317. The summed E-state index contributed by atoms with van der Waals surface area (Å²) >= 11 is 0. The minimum Gasteiger partial charge on any atom is -0.494 e. The highest BCUT2D eigenvalue weighted by molar-refractivity contribution is 5.30. The summed E-state index contributed by atoms with van der Waals surface area (Å²) in [6.07, 6.45) is 0. The summed E-state index contributed by atoms with van der Waals surface area (Å²) in [5.74, 6) is -0.206. The summed E-state index contributed by atoms with van der Waals surface area (Å²) in [6, 6.07) is 4.42. The fourth-order valence-corrected chi connectivity index (χ4v) is 0.894. The van der Waals surface area contributed by atoms with Crippen LogP contribution in [0.3, 0.4) is 0 Å². The van der Waals surface area contributed by atoms with E-state index in [-0.39, 0.29) is 12.3 Å². The van der Waals surface area contributed by atoms with E-state index in [1.54, 1.807) is 6.07 Å². The number of nitrogens with zero attached hydrogens (tertiary/aromatic N) is 1. The summed E-state index contributed by atoms with van der Waals surface area (Å²) in [4.78, 5) is 3.18. The minimum atomic E-state index is -0.397. The normalized spacial score (nSPS) is 9.08. The number of methoxy groups -OCH3 is 1. The van der Waals surface area contributed by atoms with Gasteiger partial charge in [0.15, 0.2) is 11.6 Å². The molecule has 0 unspecified atom stereocenters. The lowest BCUT2D eigenvalue weighted by atomic mass is 10.2. The zero-order valence-electron chi connectivity index (χ0n) is 6.67. The lowest BCUT2D eigenvalue weighted by Crippen LogP contribution is -1.89. The van der Waals surface area contributed by atoms with E-state index in [9.17, 15) is 4.39 Å². The fourth-order valence-electron chi connectivity index (χ4n) is 0.894. The largest absolute Gasteiger partial charge is 0.494 e. The van der Waals surface area contributed by atoms with E-state index in [0.29, 0.717) is 0 Å². The summed E-state index contributed by atoms with van der Waals surface area (Å²) in [6.45, 7) is 6.87. The molecule has 0 bridgehead atoms. The molecule has 2 nitrogen and oxygen atoms in total. The van der Waals surface area contributed by atoms with Gasteiger partial charge >= 0.3 is 0 Å². The molecule has 0 aromatic heterocycles. The Morgan fingerprint density at radius 1 is 1.58 bits per heavy atom. The van der Waals surface area contributed by atoms with Gasteiger partial charge in [0.25, 0.3) is 0 Å². The first-order valence-electron chi connectivity index (χ1n) is 3.43. The van der Waals surface area contributed by atoms with E-state index in [0.717, 1.165) is 5.56 Å². The van der Waals surface area contributed by atoms with Gasteiger partial charge in [0, 0.05) is 5.56 Å². The van der Waals surface area contributed by atoms with Crippen LogP contribution in [-0.2, 0) is 6.54 Å². The molecule has 0 radical (unpaired) electrons. The van der Waals surface area contributed by atoms with Crippen molar-refractivity contribution in [3.8, 4) is 5.75 Å². The Morgan fingerprint density at radius 2 is 2.33 bits per heavy atom. The smallest absolute Gasteiger partial charge is 0.239 e. The molecule has 0 fully saturated rings. The molecule has 0 saturated carbocycles. The zero-order chi connectivity index (χ0) is 8.97. The Hall–Kier alpha value is -1.56. The van der Waals surface area contributed by atoms with Gasteiger partial charge in [-0.3, -0.25) is 0 Å². The van der Waals surface area contributed by atoms with Gasteiger partial charge in [-0.25, -0.2) is 11.0 Å². The molecular formula is C9H8FNO. The Balaban J connectivity index is 2.98. The van der Waals surface area contributed by atoms with Gasteiger partial charge in [-0.15, -0.1) is 0 Å². The maximum Gasteiger partial charge on any atom is 0.239 e. The molecule has 62 valence electrons. The third-order valence-electron chi connectivity index (χ3n) is 1.48. The number of rotatable bonds is 2. The van der Waals surface area contributed by atoms with Gasteiger partial charge < -0.3 is 9.58 Å². The molecule has 1 aromatic carbocycles. The third kappa shape index (κ3) is 1.73. The second kappa shape index (κ2) is 3.72. The summed E-state index contributed by atoms with van der Waals surface area (Å²) < 4.78 is 17.6. The van der Waals surface area contributed by atoms with Crippen LogP contribution in [0.15, 0.2) is 18.2 Å². The van der Waals surface area contributed by atoms with Crippen LogP contribution in [0.4, 0.5) is 4.39 Å². The molecule has 0 saturated heterocycles. The van der Waals surface area contributed by atoms with Crippen LogP contribution >= 0.6 is 0 Å². The Kier molecular flexibility index (Phi) is 2.65. The standard InChI is InChI=1S/C9H8FNO/c1-11-6-7-3-4-8(10)9(5-7)12-2/h3-5H,6H2,2H3. The quantitative estimate of drug-likeness (QED) is 0.613. The monoisotopic (exact) mass is 165 g/mol. The minimum absolute atomic E-state index is 0.191. The van der Waals surface area contributed by atoms with Gasteiger partial charge in [-0.1, -0.05) is 0 Å². The van der Waals surface area contributed by atoms with Crippen molar-refractivity contribution >= 4 is 0 Å². The van der Waals surface area contributed by atoms with Crippen molar-refractivity contribution in [3.63, 3.8) is 0 Å². The second-order valence-corrected chi connectivity index (χ2v) is 2.29. The number of halogens is 1. The number of hydrogen-bond donors (Lipinski definition) is 0. The lowest BCUT2D eigenvalue weighted by Gasteiger charge is -2.01. The van der Waals surface area contributed by atoms with Crippen molar-refractivity contribution < 1.29 is 9.13 Å². The van der Waals surface area contributed by atoms with Crippen LogP contribution in [0.5, 0.6) is 5.75 Å². The van der Waals surface area contributed by atoms with Crippen LogP contribution < -0.4 is 4.74 Å². The third-order valence-corrected chi connectivity index (χ3v) is 1.48. The topological polar surface area (TPSA) is 13.6 Å². The second-order valence-electron chi connectivity index (χ2n) is 2.29. The van der Waals surface area contributed by atoms with Crippen LogP contribution in [0, 0.1) is 12.4 Å². The molecule has 1 aromatic rings. The molecule has 0 amide bonds. The molecule has 0 aliphatic carbocycles. The van der Waals surface area contributed by atoms with Gasteiger partial charge in [0.05, 0.1) is 7.11 Å². The molecule has 1 rings (SSSR count). The van der Waals surface area contributed by atoms with Gasteiger partial charge in [-0.2, -0.15) is 0 Å². The van der Waals surface area contributed by atoms with E-state index >= 15 is 0 Å². The van der Waals surface area contributed by atoms with Crippen molar-refractivity contribution in [2.45, 2.75) is 6.54 Å². The van der Waals surface area contributed by atoms with E-state index in [1.165, 1.54) is 19.2 Å². The molecule has 12 heavy (non-hydrogen) atoms. The van der Waals surface area contributed by atoms with Crippen LogP contribution in [-0.4, -0.2) is 7.11 Å². The lowest BCUT2D eigenvalue weighted by molar-refractivity contribution is 0.386. The van der Waals surface area contributed by atoms with Gasteiger partial charge in [0.2, 0.25) is 6.54 Å². The predicted molar refractivity (Wildman–Crippen MR) is 43.3 cm³/mol. The number of ether oxygens (including phenoxy) is 1. The maximum atomic E-state index is 12.8. The summed E-state index contributed by atoms with van der Waals surface area (Å²) in [5.41, 5.74) is 0.767. The zero-order valence-corrected chi connectivity index (χ0v) is 6.67. The highest BCUT2D eigenvalue weighted by atomic mass is 19.1. The van der Waals surface area contributed by atoms with Crippen molar-refractivity contribution in [2.75, 3.05) is 7.11 Å². The maximum absolute atomic E-state index is 12.8. The van der Waals surface area contributed by atoms with Gasteiger partial charge in [-0.05, 0) is 18.2 Å². The first-order valence-corrected chi connectivity index (χ1v) is 3.43. The predicted octanol–water partition coefficient (Wildman–Crippen LogP) is 2.25. The van der Waals surface area contributed by atoms with E-state index in [4.69, 9.17) is 11.3 Å². The molecule has 0 atom stereocenters. The van der Waals surface area contributed by atoms with Crippen molar-refractivity contribution in [1.29, 1.82) is 0 Å². The molecule has 0 aliphatic heterocycles. The van der Waals surface area contributed by atoms with Crippen molar-refractivity contribution in [2.24, 2.45) is 0 Å². The van der Waals surface area contributed by atoms with Crippen LogP contribution in [0.1, 0.15) is 5.56 Å². The average molecular weight is 165 g/mol.